The van der Waals surface area contributed by atoms with Gasteiger partial charge in [-0.15, -0.1) is 0 Å². The fourth-order valence-corrected chi connectivity index (χ4v) is 5.27. The summed E-state index contributed by atoms with van der Waals surface area (Å²) >= 11 is 0. The average molecular weight is 501 g/mol. The Balaban J connectivity index is 1.43. The van der Waals surface area contributed by atoms with Crippen LogP contribution >= 0.6 is 0 Å². The number of carbonyl (C=O) groups excluding carboxylic acids is 1. The topological polar surface area (TPSA) is 73.4 Å². The molecule has 0 unspecified atom stereocenters. The lowest BCUT2D eigenvalue weighted by Crippen LogP contribution is -2.42. The molecule has 1 aliphatic carbocycles. The Morgan fingerprint density at radius 1 is 1.05 bits per heavy atom. The van der Waals surface area contributed by atoms with E-state index in [1.165, 1.54) is 18.6 Å². The number of benzene rings is 3. The molecule has 1 fully saturated rings. The minimum absolute atomic E-state index is 0.100. The monoisotopic (exact) mass is 500 g/mol. The molecular formula is C30H33FN4O2. The van der Waals surface area contributed by atoms with Gasteiger partial charge in [-0.25, -0.2) is 9.37 Å². The van der Waals surface area contributed by atoms with Crippen LogP contribution in [-0.2, 0) is 6.54 Å². The van der Waals surface area contributed by atoms with Gasteiger partial charge < -0.3 is 19.9 Å². The number of nitrogens with two attached hydrogens (primary N) is 1. The summed E-state index contributed by atoms with van der Waals surface area (Å²) in [7, 11) is 0. The second kappa shape index (κ2) is 11.0. The maximum absolute atomic E-state index is 14.8. The van der Waals surface area contributed by atoms with E-state index >= 15 is 0 Å². The predicted octanol–water partition coefficient (Wildman–Crippen LogP) is 6.78. The van der Waals surface area contributed by atoms with E-state index in [1.807, 2.05) is 58.0 Å². The Morgan fingerprint density at radius 3 is 2.59 bits per heavy atom. The molecule has 7 heteroatoms. The van der Waals surface area contributed by atoms with Crippen molar-refractivity contribution in [3.05, 3.63) is 83.7 Å². The third kappa shape index (κ3) is 5.61. The summed E-state index contributed by atoms with van der Waals surface area (Å²) in [5.74, 6) is 1.16. The van der Waals surface area contributed by atoms with E-state index in [0.29, 0.717) is 29.4 Å². The molecule has 6 nitrogen and oxygen atoms in total. The van der Waals surface area contributed by atoms with Gasteiger partial charge in [0.25, 0.3) is 5.91 Å². The van der Waals surface area contributed by atoms with Crippen molar-refractivity contribution >= 4 is 22.9 Å². The third-order valence-corrected chi connectivity index (χ3v) is 7.01. The van der Waals surface area contributed by atoms with Crippen molar-refractivity contribution in [2.75, 3.05) is 12.3 Å². The van der Waals surface area contributed by atoms with Gasteiger partial charge in [0.15, 0.2) is 0 Å². The number of ether oxygens (including phenoxy) is 1. The lowest BCUT2D eigenvalue weighted by Gasteiger charge is -2.34. The number of fused-ring (bicyclic) bond motifs is 1. The summed E-state index contributed by atoms with van der Waals surface area (Å²) in [6.45, 7) is 3.04. The number of imidazole rings is 1. The summed E-state index contributed by atoms with van der Waals surface area (Å²) in [6.07, 6.45) is 6.38. The highest BCUT2D eigenvalue weighted by Crippen LogP contribution is 2.29. The number of hydrogen-bond donors (Lipinski definition) is 1. The summed E-state index contributed by atoms with van der Waals surface area (Å²) in [5, 5.41) is 0. The first-order valence-electron chi connectivity index (χ1n) is 13.1. The summed E-state index contributed by atoms with van der Waals surface area (Å²) < 4.78 is 22.6. The van der Waals surface area contributed by atoms with Crippen LogP contribution in [0.2, 0.25) is 0 Å². The molecule has 4 aromatic rings. The molecule has 1 aliphatic rings. The molecule has 0 saturated heterocycles. The fourth-order valence-electron chi connectivity index (χ4n) is 5.27. The highest BCUT2D eigenvalue weighted by Gasteiger charge is 2.26. The number of nitrogen functional groups attached to an aromatic ring is 1. The van der Waals surface area contributed by atoms with Crippen molar-refractivity contribution in [3.63, 3.8) is 0 Å². The normalized spacial score (nSPS) is 14.1. The van der Waals surface area contributed by atoms with Gasteiger partial charge in [0.05, 0.1) is 17.6 Å². The SMILES string of the molecule is CCCN(C(=O)c1cc(F)cc(Cn2c(N)nc3ccc(Oc4ccccc4)cc32)c1)C1CCCCC1. The number of aromatic nitrogens is 2. The maximum atomic E-state index is 14.8. The van der Waals surface area contributed by atoms with Crippen LogP contribution in [0.5, 0.6) is 11.5 Å². The molecular weight excluding hydrogens is 467 g/mol. The molecule has 3 aromatic carbocycles. The van der Waals surface area contributed by atoms with Gasteiger partial charge in [-0.1, -0.05) is 44.4 Å². The Kier molecular flexibility index (Phi) is 7.40. The minimum atomic E-state index is -0.433. The van der Waals surface area contributed by atoms with Gasteiger partial charge in [0.2, 0.25) is 5.95 Å². The lowest BCUT2D eigenvalue weighted by atomic mass is 9.93. The van der Waals surface area contributed by atoms with Crippen LogP contribution in [0.1, 0.15) is 61.4 Å². The van der Waals surface area contributed by atoms with Gasteiger partial charge in [-0.2, -0.15) is 0 Å². The molecule has 1 heterocycles. The Hall–Kier alpha value is -3.87. The number of halogens is 1. The van der Waals surface area contributed by atoms with E-state index in [4.69, 9.17) is 10.5 Å². The highest BCUT2D eigenvalue weighted by atomic mass is 19.1. The van der Waals surface area contributed by atoms with Crippen molar-refractivity contribution < 1.29 is 13.9 Å². The quantitative estimate of drug-likeness (QED) is 0.289. The zero-order valence-corrected chi connectivity index (χ0v) is 21.2. The molecule has 37 heavy (non-hydrogen) atoms. The summed E-state index contributed by atoms with van der Waals surface area (Å²) in [5.41, 5.74) is 8.80. The summed E-state index contributed by atoms with van der Waals surface area (Å²) in [6, 6.07) is 19.9. The van der Waals surface area contributed by atoms with E-state index in [0.717, 1.165) is 48.9 Å². The largest absolute Gasteiger partial charge is 0.457 e. The van der Waals surface area contributed by atoms with Crippen LogP contribution in [-0.4, -0.2) is 32.9 Å². The molecule has 0 aliphatic heterocycles. The van der Waals surface area contributed by atoms with Gasteiger partial charge in [-0.05, 0) is 67.3 Å². The van der Waals surface area contributed by atoms with Crippen LogP contribution in [0.15, 0.2) is 66.7 Å². The van der Waals surface area contributed by atoms with E-state index in [9.17, 15) is 9.18 Å². The van der Waals surface area contributed by atoms with Crippen LogP contribution in [0.25, 0.3) is 11.0 Å². The zero-order chi connectivity index (χ0) is 25.8. The second-order valence-electron chi connectivity index (χ2n) is 9.76. The molecule has 0 spiro atoms. The number of para-hydroxylation sites is 1. The van der Waals surface area contributed by atoms with Crippen molar-refractivity contribution in [3.8, 4) is 11.5 Å². The van der Waals surface area contributed by atoms with Crippen LogP contribution in [0.4, 0.5) is 10.3 Å². The van der Waals surface area contributed by atoms with Crippen molar-refractivity contribution in [2.24, 2.45) is 0 Å². The number of anilines is 1. The molecule has 192 valence electrons. The molecule has 0 bridgehead atoms. The number of amides is 1. The molecule has 1 aromatic heterocycles. The van der Waals surface area contributed by atoms with Gasteiger partial charge in [0.1, 0.15) is 17.3 Å². The Labute approximate surface area is 216 Å². The summed E-state index contributed by atoms with van der Waals surface area (Å²) in [4.78, 5) is 20.0. The maximum Gasteiger partial charge on any atom is 0.254 e. The molecule has 1 amide bonds. The highest BCUT2D eigenvalue weighted by molar-refractivity contribution is 5.94. The third-order valence-electron chi connectivity index (χ3n) is 7.01. The van der Waals surface area contributed by atoms with E-state index in [1.54, 1.807) is 6.07 Å². The van der Waals surface area contributed by atoms with Crippen LogP contribution in [0.3, 0.4) is 0 Å². The predicted molar refractivity (Wildman–Crippen MR) is 144 cm³/mol. The van der Waals surface area contributed by atoms with E-state index in [-0.39, 0.29) is 18.5 Å². The number of nitrogens with zero attached hydrogens (tertiary/aromatic N) is 3. The first kappa shape index (κ1) is 24.8. The van der Waals surface area contributed by atoms with Gasteiger partial charge in [0, 0.05) is 24.2 Å². The molecule has 5 rings (SSSR count). The van der Waals surface area contributed by atoms with Crippen LogP contribution in [0, 0.1) is 5.82 Å². The molecule has 1 saturated carbocycles. The second-order valence-corrected chi connectivity index (χ2v) is 9.76. The van der Waals surface area contributed by atoms with Gasteiger partial charge in [-0.3, -0.25) is 4.79 Å². The number of hydrogen-bond acceptors (Lipinski definition) is 4. The standard InChI is InChI=1S/C30H33FN4O2/c1-2-15-34(24-9-5-3-6-10-24)29(36)22-16-21(17-23(31)18-22)20-35-28-19-26(13-14-27(28)33-30(35)32)37-25-11-7-4-8-12-25/h4,7-8,11-14,16-19,24H,2-3,5-6,9-10,15,20H2,1H3,(H2,32,33). The molecule has 0 atom stereocenters. The Morgan fingerprint density at radius 2 is 1.84 bits per heavy atom. The fraction of sp³-hybridized carbons (Fsp3) is 0.333. The smallest absolute Gasteiger partial charge is 0.254 e. The number of rotatable bonds is 8. The first-order valence-corrected chi connectivity index (χ1v) is 13.1. The number of carbonyl (C=O) groups is 1. The van der Waals surface area contributed by atoms with Crippen molar-refractivity contribution in [2.45, 2.75) is 58.0 Å². The van der Waals surface area contributed by atoms with E-state index < -0.39 is 5.82 Å². The van der Waals surface area contributed by atoms with Gasteiger partial charge >= 0.3 is 0 Å². The molecule has 0 radical (unpaired) electrons. The Bertz CT molecular complexity index is 1380. The minimum Gasteiger partial charge on any atom is -0.457 e. The lowest BCUT2D eigenvalue weighted by molar-refractivity contribution is 0.0633. The average Bonchev–Trinajstić information content (AvgIpc) is 3.21. The zero-order valence-electron chi connectivity index (χ0n) is 21.2. The van der Waals surface area contributed by atoms with Crippen molar-refractivity contribution in [1.82, 2.24) is 14.5 Å². The van der Waals surface area contributed by atoms with Crippen molar-refractivity contribution in [1.29, 1.82) is 0 Å². The van der Waals surface area contributed by atoms with Crippen LogP contribution < -0.4 is 10.5 Å². The molecule has 2 N–H and O–H groups in total. The first-order chi connectivity index (χ1) is 18.0. The van der Waals surface area contributed by atoms with E-state index in [2.05, 4.69) is 11.9 Å².